The summed E-state index contributed by atoms with van der Waals surface area (Å²) in [5.74, 6) is 0.983. The Hall–Kier alpha value is -2.23. The minimum absolute atomic E-state index is 0.220. The standard InChI is InChI=1S/C22H32N4/c1-16-14-20(26-13-7-6-8-17(26)2)10-11-21(16)24-18(3)19-9-12-22(23-15-19)25(4)5/h9-12,14-15,17-18,24H,6-8,13H2,1-5H3. The van der Waals surface area contributed by atoms with Gasteiger partial charge in [-0.15, -0.1) is 0 Å². The van der Waals surface area contributed by atoms with Crippen molar-refractivity contribution in [3.8, 4) is 0 Å². The van der Waals surface area contributed by atoms with Gasteiger partial charge >= 0.3 is 0 Å². The number of nitrogens with zero attached hydrogens (tertiary/aromatic N) is 3. The molecule has 1 saturated heterocycles. The fourth-order valence-electron chi connectivity index (χ4n) is 3.70. The number of nitrogens with one attached hydrogen (secondary N) is 1. The number of hydrogen-bond donors (Lipinski definition) is 1. The average molecular weight is 353 g/mol. The molecule has 4 nitrogen and oxygen atoms in total. The van der Waals surface area contributed by atoms with Gasteiger partial charge in [-0.3, -0.25) is 0 Å². The molecule has 1 fully saturated rings. The molecule has 2 atom stereocenters. The van der Waals surface area contributed by atoms with Crippen LogP contribution in [0.25, 0.3) is 0 Å². The summed E-state index contributed by atoms with van der Waals surface area (Å²) >= 11 is 0. The number of aryl methyl sites for hydroxylation is 1. The lowest BCUT2D eigenvalue weighted by molar-refractivity contribution is 0.485. The molecule has 1 aliphatic rings. The van der Waals surface area contributed by atoms with Crippen molar-refractivity contribution in [1.29, 1.82) is 0 Å². The molecule has 0 radical (unpaired) electrons. The first-order valence-corrected chi connectivity index (χ1v) is 9.73. The Bertz CT molecular complexity index is 723. The molecule has 2 heterocycles. The van der Waals surface area contributed by atoms with Crippen molar-refractivity contribution in [3.05, 3.63) is 47.7 Å². The smallest absolute Gasteiger partial charge is 0.127 e. The van der Waals surface area contributed by atoms with Crippen LogP contribution in [0, 0.1) is 6.92 Å². The van der Waals surface area contributed by atoms with Crippen LogP contribution in [0.5, 0.6) is 0 Å². The third-order valence-electron chi connectivity index (χ3n) is 5.45. The van der Waals surface area contributed by atoms with E-state index < -0.39 is 0 Å². The number of anilines is 3. The second-order valence-electron chi connectivity index (χ2n) is 7.75. The predicted molar refractivity (Wildman–Crippen MR) is 112 cm³/mol. The molecule has 2 unspecified atom stereocenters. The highest BCUT2D eigenvalue weighted by molar-refractivity contribution is 5.61. The van der Waals surface area contributed by atoms with Crippen LogP contribution in [-0.4, -0.2) is 31.7 Å². The van der Waals surface area contributed by atoms with Crippen LogP contribution in [0.15, 0.2) is 36.5 Å². The van der Waals surface area contributed by atoms with Crippen LogP contribution >= 0.6 is 0 Å². The van der Waals surface area contributed by atoms with Crippen molar-refractivity contribution in [3.63, 3.8) is 0 Å². The van der Waals surface area contributed by atoms with Gasteiger partial charge in [-0.2, -0.15) is 0 Å². The van der Waals surface area contributed by atoms with Gasteiger partial charge in [-0.25, -0.2) is 4.98 Å². The third-order valence-corrected chi connectivity index (χ3v) is 5.45. The van der Waals surface area contributed by atoms with Crippen LogP contribution in [0.1, 0.15) is 50.3 Å². The maximum Gasteiger partial charge on any atom is 0.127 e. The van der Waals surface area contributed by atoms with Gasteiger partial charge in [0.15, 0.2) is 0 Å². The molecule has 0 amide bonds. The van der Waals surface area contributed by atoms with Gasteiger partial charge in [0.2, 0.25) is 0 Å². The summed E-state index contributed by atoms with van der Waals surface area (Å²) < 4.78 is 0. The van der Waals surface area contributed by atoms with E-state index in [1.165, 1.54) is 48.3 Å². The summed E-state index contributed by atoms with van der Waals surface area (Å²) in [6, 6.07) is 11.9. The minimum Gasteiger partial charge on any atom is -0.378 e. The van der Waals surface area contributed by atoms with Crippen LogP contribution in [0.4, 0.5) is 17.2 Å². The first kappa shape index (κ1) is 18.6. The molecular weight excluding hydrogens is 320 g/mol. The van der Waals surface area contributed by atoms with Crippen LogP contribution in [0.3, 0.4) is 0 Å². The van der Waals surface area contributed by atoms with Gasteiger partial charge in [0.1, 0.15) is 5.82 Å². The number of benzene rings is 1. The maximum atomic E-state index is 4.53. The summed E-state index contributed by atoms with van der Waals surface area (Å²) in [6.07, 6.45) is 5.92. The molecule has 26 heavy (non-hydrogen) atoms. The minimum atomic E-state index is 0.220. The van der Waals surface area contributed by atoms with E-state index in [-0.39, 0.29) is 6.04 Å². The van der Waals surface area contributed by atoms with Crippen molar-refractivity contribution >= 4 is 17.2 Å². The lowest BCUT2D eigenvalue weighted by Gasteiger charge is -2.35. The Morgan fingerprint density at radius 2 is 2.00 bits per heavy atom. The largest absolute Gasteiger partial charge is 0.378 e. The van der Waals surface area contributed by atoms with Gasteiger partial charge in [0, 0.05) is 44.3 Å². The van der Waals surface area contributed by atoms with Crippen molar-refractivity contribution in [2.24, 2.45) is 0 Å². The first-order chi connectivity index (χ1) is 12.5. The summed E-state index contributed by atoms with van der Waals surface area (Å²) in [7, 11) is 4.02. The highest BCUT2D eigenvalue weighted by Crippen LogP contribution is 2.30. The summed E-state index contributed by atoms with van der Waals surface area (Å²) in [6.45, 7) is 7.90. The number of rotatable bonds is 5. The maximum absolute atomic E-state index is 4.53. The molecule has 0 spiro atoms. The topological polar surface area (TPSA) is 31.4 Å². The fourth-order valence-corrected chi connectivity index (χ4v) is 3.70. The summed E-state index contributed by atoms with van der Waals surface area (Å²) in [5, 5.41) is 3.64. The van der Waals surface area contributed by atoms with Gasteiger partial charge < -0.3 is 15.1 Å². The van der Waals surface area contributed by atoms with E-state index in [2.05, 4.69) is 66.3 Å². The van der Waals surface area contributed by atoms with Crippen molar-refractivity contribution in [1.82, 2.24) is 4.98 Å². The Morgan fingerprint density at radius 1 is 1.19 bits per heavy atom. The molecule has 4 heteroatoms. The van der Waals surface area contributed by atoms with E-state index in [4.69, 9.17) is 0 Å². The normalized spacial score (nSPS) is 18.5. The number of hydrogen-bond acceptors (Lipinski definition) is 4. The molecule has 0 saturated carbocycles. The number of pyridine rings is 1. The molecule has 0 aliphatic carbocycles. The second kappa shape index (κ2) is 7.98. The highest BCUT2D eigenvalue weighted by atomic mass is 15.2. The van der Waals surface area contributed by atoms with Crippen LogP contribution in [0.2, 0.25) is 0 Å². The fraction of sp³-hybridized carbons (Fsp3) is 0.500. The number of aromatic nitrogens is 1. The number of piperidine rings is 1. The lowest BCUT2D eigenvalue weighted by Crippen LogP contribution is -2.37. The summed E-state index contributed by atoms with van der Waals surface area (Å²) in [5.41, 5.74) is 5.04. The average Bonchev–Trinajstić information content (AvgIpc) is 2.64. The molecule has 1 N–H and O–H groups in total. The highest BCUT2D eigenvalue weighted by Gasteiger charge is 2.19. The van der Waals surface area contributed by atoms with Gasteiger partial charge in [-0.05, 0) is 75.4 Å². The second-order valence-corrected chi connectivity index (χ2v) is 7.75. The van der Waals surface area contributed by atoms with Gasteiger partial charge in [-0.1, -0.05) is 6.07 Å². The van der Waals surface area contributed by atoms with E-state index in [0.29, 0.717) is 6.04 Å². The molecule has 1 aromatic heterocycles. The molecule has 0 bridgehead atoms. The SMILES string of the molecule is Cc1cc(N2CCCCC2C)ccc1NC(C)c1ccc(N(C)C)nc1. The Balaban J connectivity index is 1.71. The van der Waals surface area contributed by atoms with E-state index in [0.717, 1.165) is 5.82 Å². The first-order valence-electron chi connectivity index (χ1n) is 9.73. The van der Waals surface area contributed by atoms with Crippen molar-refractivity contribution < 1.29 is 0 Å². The Morgan fingerprint density at radius 3 is 2.62 bits per heavy atom. The van der Waals surface area contributed by atoms with E-state index in [1.807, 2.05) is 25.2 Å². The van der Waals surface area contributed by atoms with Crippen molar-refractivity contribution in [2.45, 2.75) is 52.1 Å². The summed E-state index contributed by atoms with van der Waals surface area (Å²) in [4.78, 5) is 9.10. The molecule has 1 aromatic carbocycles. The molecule has 140 valence electrons. The Kier molecular flexibility index (Phi) is 5.70. The lowest BCUT2D eigenvalue weighted by atomic mass is 10.0. The van der Waals surface area contributed by atoms with Gasteiger partial charge in [0.05, 0.1) is 6.04 Å². The monoisotopic (exact) mass is 352 g/mol. The zero-order chi connectivity index (χ0) is 18.7. The van der Waals surface area contributed by atoms with Crippen LogP contribution in [-0.2, 0) is 0 Å². The van der Waals surface area contributed by atoms with Crippen LogP contribution < -0.4 is 15.1 Å². The molecule has 1 aliphatic heterocycles. The van der Waals surface area contributed by atoms with Gasteiger partial charge in [0.25, 0.3) is 0 Å². The van der Waals surface area contributed by atoms with E-state index >= 15 is 0 Å². The molecule has 2 aromatic rings. The van der Waals surface area contributed by atoms with E-state index in [9.17, 15) is 0 Å². The zero-order valence-electron chi connectivity index (χ0n) is 16.8. The van der Waals surface area contributed by atoms with Crippen molar-refractivity contribution in [2.75, 3.05) is 35.8 Å². The zero-order valence-corrected chi connectivity index (χ0v) is 16.8. The van der Waals surface area contributed by atoms with E-state index in [1.54, 1.807) is 0 Å². The Labute approximate surface area is 158 Å². The molecule has 3 rings (SSSR count). The third kappa shape index (κ3) is 4.12. The predicted octanol–water partition coefficient (Wildman–Crippen LogP) is 5.01. The molecular formula is C22H32N4. The quantitative estimate of drug-likeness (QED) is 0.820.